The van der Waals surface area contributed by atoms with Crippen LogP contribution in [0.25, 0.3) is 122 Å². The molecule has 0 amide bonds. The van der Waals surface area contributed by atoms with Gasteiger partial charge in [-0.25, -0.2) is 9.97 Å². The highest BCUT2D eigenvalue weighted by molar-refractivity contribution is 6.38. The Labute approximate surface area is 343 Å². The van der Waals surface area contributed by atoms with Gasteiger partial charge in [0.2, 0.25) is 0 Å². The SMILES string of the molecule is C=Cc1nc(Cl)c(-n2c3ccc(-c4ccc5c(c4)c4ccccc4n5-c4ccccc4)cc3c3c4ccccc4c4c(oc5ccc6ccccc6c54)c32)nc1/C=C\C. The van der Waals surface area contributed by atoms with E-state index in [4.69, 9.17) is 26.0 Å². The zero-order valence-electron chi connectivity index (χ0n) is 31.9. The van der Waals surface area contributed by atoms with Crippen LogP contribution in [0.2, 0.25) is 5.15 Å². The van der Waals surface area contributed by atoms with Crippen molar-refractivity contribution in [1.82, 2.24) is 19.1 Å². The minimum absolute atomic E-state index is 0.277. The molecular weight excluding hydrogens is 744 g/mol. The molecular formula is C53H33ClN4O. The molecule has 0 atom stereocenters. The van der Waals surface area contributed by atoms with Gasteiger partial charge in [-0.1, -0.05) is 127 Å². The van der Waals surface area contributed by atoms with Crippen molar-refractivity contribution in [2.24, 2.45) is 0 Å². The first kappa shape index (κ1) is 33.6. The lowest BCUT2D eigenvalue weighted by Gasteiger charge is -2.12. The maximum absolute atomic E-state index is 7.18. The molecule has 0 aliphatic rings. The van der Waals surface area contributed by atoms with E-state index in [9.17, 15) is 0 Å². The highest BCUT2D eigenvalue weighted by atomic mass is 35.5. The predicted molar refractivity (Wildman–Crippen MR) is 248 cm³/mol. The summed E-state index contributed by atoms with van der Waals surface area (Å²) in [5, 5.41) is 11.5. The molecule has 0 aliphatic carbocycles. The molecule has 12 rings (SSSR count). The number of fused-ring (bicyclic) bond motifs is 15. The summed E-state index contributed by atoms with van der Waals surface area (Å²) in [5.74, 6) is 0.523. The maximum atomic E-state index is 7.18. The molecule has 0 bridgehead atoms. The van der Waals surface area contributed by atoms with Crippen LogP contribution in [0.4, 0.5) is 0 Å². The molecule has 278 valence electrons. The number of rotatable bonds is 5. The van der Waals surface area contributed by atoms with E-state index >= 15 is 0 Å². The van der Waals surface area contributed by atoms with Crippen molar-refractivity contribution in [3.05, 3.63) is 181 Å². The molecule has 0 saturated heterocycles. The minimum Gasteiger partial charge on any atom is -0.454 e. The zero-order chi connectivity index (χ0) is 39.4. The summed E-state index contributed by atoms with van der Waals surface area (Å²) in [6, 6.07) is 54.2. The number of halogens is 1. The Balaban J connectivity index is 1.22. The largest absolute Gasteiger partial charge is 0.454 e. The van der Waals surface area contributed by atoms with Gasteiger partial charge in [-0.3, -0.25) is 4.57 Å². The minimum atomic E-state index is 0.277. The van der Waals surface area contributed by atoms with Gasteiger partial charge in [0.15, 0.2) is 16.6 Å². The lowest BCUT2D eigenvalue weighted by molar-refractivity contribution is 0.671. The normalized spacial score (nSPS) is 12.2. The smallest absolute Gasteiger partial charge is 0.176 e. The van der Waals surface area contributed by atoms with Crippen LogP contribution in [-0.2, 0) is 0 Å². The molecule has 0 N–H and O–H groups in total. The fourth-order valence-corrected chi connectivity index (χ4v) is 9.62. The second kappa shape index (κ2) is 12.8. The number of nitrogens with zero attached hydrogens (tertiary/aromatic N) is 4. The molecule has 0 radical (unpaired) electrons. The van der Waals surface area contributed by atoms with Gasteiger partial charge in [0.25, 0.3) is 0 Å². The third kappa shape index (κ3) is 4.80. The average Bonchev–Trinajstić information content (AvgIpc) is 3.95. The Morgan fingerprint density at radius 3 is 1.97 bits per heavy atom. The summed E-state index contributed by atoms with van der Waals surface area (Å²) in [7, 11) is 0. The molecule has 0 spiro atoms. The molecule has 6 heteroatoms. The highest BCUT2D eigenvalue weighted by Gasteiger charge is 2.26. The number of allylic oxidation sites excluding steroid dienone is 1. The second-order valence-electron chi connectivity index (χ2n) is 15.0. The molecule has 59 heavy (non-hydrogen) atoms. The van der Waals surface area contributed by atoms with E-state index in [1.54, 1.807) is 6.08 Å². The monoisotopic (exact) mass is 776 g/mol. The van der Waals surface area contributed by atoms with Crippen molar-refractivity contribution in [2.75, 3.05) is 0 Å². The van der Waals surface area contributed by atoms with Gasteiger partial charge in [0.1, 0.15) is 5.58 Å². The number of hydrogen-bond acceptors (Lipinski definition) is 3. The molecule has 8 aromatic carbocycles. The Bertz CT molecular complexity index is 3770. The number of aromatic nitrogens is 4. The van der Waals surface area contributed by atoms with E-state index in [1.807, 2.05) is 19.1 Å². The van der Waals surface area contributed by atoms with Crippen LogP contribution in [0.1, 0.15) is 18.3 Å². The van der Waals surface area contributed by atoms with Gasteiger partial charge in [-0.15, -0.1) is 0 Å². The van der Waals surface area contributed by atoms with Crippen LogP contribution in [0.15, 0.2) is 169 Å². The predicted octanol–water partition coefficient (Wildman–Crippen LogP) is 14.9. The number of furan rings is 1. The third-order valence-electron chi connectivity index (χ3n) is 11.9. The quantitative estimate of drug-likeness (QED) is 0.175. The van der Waals surface area contributed by atoms with Crippen molar-refractivity contribution < 1.29 is 4.42 Å². The van der Waals surface area contributed by atoms with E-state index in [-0.39, 0.29) is 5.15 Å². The average molecular weight is 777 g/mol. The fourth-order valence-electron chi connectivity index (χ4n) is 9.40. The number of para-hydroxylation sites is 2. The van der Waals surface area contributed by atoms with Gasteiger partial charge in [-0.2, -0.15) is 0 Å². The van der Waals surface area contributed by atoms with Crippen molar-refractivity contribution in [2.45, 2.75) is 6.92 Å². The zero-order valence-corrected chi connectivity index (χ0v) is 32.7. The van der Waals surface area contributed by atoms with E-state index in [0.717, 1.165) is 87.6 Å². The number of hydrogen-bond donors (Lipinski definition) is 0. The summed E-state index contributed by atoms with van der Waals surface area (Å²) >= 11 is 7.18. The summed E-state index contributed by atoms with van der Waals surface area (Å²) in [6.07, 6.45) is 5.59. The molecule has 0 unspecified atom stereocenters. The third-order valence-corrected chi connectivity index (χ3v) is 12.1. The first-order valence-corrected chi connectivity index (χ1v) is 20.1. The van der Waals surface area contributed by atoms with E-state index < -0.39 is 0 Å². The Kier molecular flexibility index (Phi) is 7.28. The molecule has 0 fully saturated rings. The topological polar surface area (TPSA) is 48.8 Å². The maximum Gasteiger partial charge on any atom is 0.176 e. The van der Waals surface area contributed by atoms with Crippen molar-refractivity contribution in [1.29, 1.82) is 0 Å². The number of benzene rings is 8. The molecule has 4 heterocycles. The molecule has 12 aromatic rings. The van der Waals surface area contributed by atoms with Gasteiger partial charge in [-0.05, 0) is 100 Å². The van der Waals surface area contributed by atoms with Crippen LogP contribution >= 0.6 is 11.6 Å². The molecule has 4 aromatic heterocycles. The van der Waals surface area contributed by atoms with Gasteiger partial charge < -0.3 is 8.98 Å². The van der Waals surface area contributed by atoms with Gasteiger partial charge in [0, 0.05) is 38.0 Å². The standard InChI is InChI=1S/C53H33ClN4O/c1-3-14-42-41(4-2)55-52(54)53(56-42)58-45-27-24-33(32-23-26-44-39(29-32)36-19-12-13-22-43(36)57(44)34-16-6-5-7-17-34)30-40(45)47-37-20-10-11-21-38(37)49-48-35-18-9-8-15-31(35)25-28-46(48)59-51(49)50(47)58/h3-30H,2H2,1H3/b14-3-. The lowest BCUT2D eigenvalue weighted by Crippen LogP contribution is -2.04. The van der Waals surface area contributed by atoms with Crippen molar-refractivity contribution >= 4 is 111 Å². The first-order chi connectivity index (χ1) is 29.1. The Hall–Kier alpha value is -7.47. The van der Waals surface area contributed by atoms with Crippen LogP contribution in [-0.4, -0.2) is 19.1 Å². The van der Waals surface area contributed by atoms with E-state index in [2.05, 4.69) is 167 Å². The molecule has 0 aliphatic heterocycles. The van der Waals surface area contributed by atoms with Crippen LogP contribution < -0.4 is 0 Å². The summed E-state index contributed by atoms with van der Waals surface area (Å²) in [5.41, 5.74) is 10.4. The Morgan fingerprint density at radius 2 is 1.20 bits per heavy atom. The highest BCUT2D eigenvalue weighted by Crippen LogP contribution is 2.48. The van der Waals surface area contributed by atoms with Gasteiger partial charge in [0.05, 0.1) is 33.5 Å². The molecule has 0 saturated carbocycles. The van der Waals surface area contributed by atoms with Crippen LogP contribution in [0.5, 0.6) is 0 Å². The van der Waals surface area contributed by atoms with Crippen LogP contribution in [0.3, 0.4) is 0 Å². The Morgan fingerprint density at radius 1 is 0.559 bits per heavy atom. The van der Waals surface area contributed by atoms with Gasteiger partial charge >= 0.3 is 0 Å². The second-order valence-corrected chi connectivity index (χ2v) is 15.4. The lowest BCUT2D eigenvalue weighted by atomic mass is 9.95. The van der Waals surface area contributed by atoms with E-state index in [0.29, 0.717) is 17.2 Å². The van der Waals surface area contributed by atoms with Crippen molar-refractivity contribution in [3.8, 4) is 22.6 Å². The molecule has 5 nitrogen and oxygen atoms in total. The first-order valence-electron chi connectivity index (χ1n) is 19.8. The summed E-state index contributed by atoms with van der Waals surface area (Å²) in [6.45, 7) is 5.97. The van der Waals surface area contributed by atoms with Crippen LogP contribution in [0, 0.1) is 0 Å². The fraction of sp³-hybridized carbons (Fsp3) is 0.0189. The van der Waals surface area contributed by atoms with E-state index in [1.165, 1.54) is 16.3 Å². The summed E-state index contributed by atoms with van der Waals surface area (Å²) in [4.78, 5) is 10.0. The van der Waals surface area contributed by atoms with Crippen molar-refractivity contribution in [3.63, 3.8) is 0 Å². The summed E-state index contributed by atoms with van der Waals surface area (Å²) < 4.78 is 11.5.